The summed E-state index contributed by atoms with van der Waals surface area (Å²) in [7, 11) is 6.14. The van der Waals surface area contributed by atoms with Gasteiger partial charge in [0.25, 0.3) is 0 Å². The summed E-state index contributed by atoms with van der Waals surface area (Å²) in [4.78, 5) is 2.19. The van der Waals surface area contributed by atoms with Gasteiger partial charge >= 0.3 is 0 Å². The first-order valence-electron chi connectivity index (χ1n) is 4.19. The summed E-state index contributed by atoms with van der Waals surface area (Å²) in [6.07, 6.45) is 2.07. The lowest BCUT2D eigenvalue weighted by atomic mass is 10.0. The van der Waals surface area contributed by atoms with Gasteiger partial charge in [-0.25, -0.2) is 0 Å². The van der Waals surface area contributed by atoms with Crippen LogP contribution in [0.3, 0.4) is 0 Å². The SMILES string of the molecule is CCC(CCN)(NC)N(C)C. The molecule has 1 atom stereocenters. The zero-order valence-corrected chi connectivity index (χ0v) is 8.15. The topological polar surface area (TPSA) is 41.3 Å². The standard InChI is InChI=1S/C8H21N3/c1-5-8(10-2,6-7-9)11(3)4/h10H,5-7,9H2,1-4H3. The molecule has 1 unspecified atom stereocenters. The summed E-state index contributed by atoms with van der Waals surface area (Å²) in [6, 6.07) is 0. The first kappa shape index (κ1) is 10.9. The number of hydrogen-bond acceptors (Lipinski definition) is 3. The van der Waals surface area contributed by atoms with Gasteiger partial charge in [-0.15, -0.1) is 0 Å². The van der Waals surface area contributed by atoms with Crippen molar-refractivity contribution in [1.29, 1.82) is 0 Å². The van der Waals surface area contributed by atoms with Gasteiger partial charge in [-0.05, 0) is 40.5 Å². The molecule has 0 aliphatic carbocycles. The zero-order chi connectivity index (χ0) is 8.91. The van der Waals surface area contributed by atoms with E-state index in [0.29, 0.717) is 0 Å². The van der Waals surface area contributed by atoms with Crippen LogP contribution in [0.4, 0.5) is 0 Å². The second kappa shape index (κ2) is 4.70. The molecule has 68 valence electrons. The van der Waals surface area contributed by atoms with E-state index in [-0.39, 0.29) is 5.66 Å². The maximum Gasteiger partial charge on any atom is 0.0714 e. The number of nitrogens with zero attached hydrogens (tertiary/aromatic N) is 1. The molecule has 0 heterocycles. The lowest BCUT2D eigenvalue weighted by Gasteiger charge is -2.39. The summed E-state index contributed by atoms with van der Waals surface area (Å²) in [5, 5.41) is 3.31. The monoisotopic (exact) mass is 159 g/mol. The molecule has 3 heteroatoms. The minimum absolute atomic E-state index is 0.0920. The van der Waals surface area contributed by atoms with Crippen molar-refractivity contribution in [3.8, 4) is 0 Å². The van der Waals surface area contributed by atoms with E-state index in [1.165, 1.54) is 0 Å². The highest BCUT2D eigenvalue weighted by molar-refractivity contribution is 4.82. The highest BCUT2D eigenvalue weighted by atomic mass is 15.3. The number of nitrogens with one attached hydrogen (secondary N) is 1. The van der Waals surface area contributed by atoms with Crippen LogP contribution in [0.5, 0.6) is 0 Å². The molecule has 0 aromatic heterocycles. The van der Waals surface area contributed by atoms with Gasteiger partial charge < -0.3 is 11.1 Å². The molecule has 0 aromatic rings. The van der Waals surface area contributed by atoms with Crippen LogP contribution >= 0.6 is 0 Å². The molecule has 0 amide bonds. The van der Waals surface area contributed by atoms with Crippen LogP contribution in [-0.4, -0.2) is 38.3 Å². The Morgan fingerprint density at radius 2 is 2.00 bits per heavy atom. The van der Waals surface area contributed by atoms with Crippen LogP contribution in [0.25, 0.3) is 0 Å². The van der Waals surface area contributed by atoms with Crippen LogP contribution in [0, 0.1) is 0 Å². The lowest BCUT2D eigenvalue weighted by Crippen LogP contribution is -2.55. The average molecular weight is 159 g/mol. The summed E-state index contributed by atoms with van der Waals surface area (Å²) in [5.41, 5.74) is 5.63. The molecule has 0 aliphatic heterocycles. The number of rotatable bonds is 5. The Balaban J connectivity index is 4.20. The van der Waals surface area contributed by atoms with Gasteiger partial charge in [0.1, 0.15) is 0 Å². The molecule has 0 aromatic carbocycles. The van der Waals surface area contributed by atoms with E-state index < -0.39 is 0 Å². The molecule has 0 rings (SSSR count). The van der Waals surface area contributed by atoms with E-state index in [4.69, 9.17) is 5.73 Å². The van der Waals surface area contributed by atoms with Gasteiger partial charge in [-0.3, -0.25) is 4.90 Å². The summed E-state index contributed by atoms with van der Waals surface area (Å²) >= 11 is 0. The largest absolute Gasteiger partial charge is 0.330 e. The molecular formula is C8H21N3. The molecule has 3 nitrogen and oxygen atoms in total. The van der Waals surface area contributed by atoms with E-state index in [0.717, 1.165) is 19.4 Å². The second-order valence-electron chi connectivity index (χ2n) is 3.07. The smallest absolute Gasteiger partial charge is 0.0714 e. The highest BCUT2D eigenvalue weighted by Gasteiger charge is 2.26. The first-order valence-corrected chi connectivity index (χ1v) is 4.19. The Morgan fingerprint density at radius 1 is 1.45 bits per heavy atom. The van der Waals surface area contributed by atoms with Crippen LogP contribution in [0.1, 0.15) is 19.8 Å². The zero-order valence-electron chi connectivity index (χ0n) is 8.15. The third-order valence-corrected chi connectivity index (χ3v) is 2.46. The quantitative estimate of drug-likeness (QED) is 0.564. The first-order chi connectivity index (χ1) is 5.13. The van der Waals surface area contributed by atoms with Crippen LogP contribution in [0.15, 0.2) is 0 Å². The van der Waals surface area contributed by atoms with Gasteiger partial charge in [-0.2, -0.15) is 0 Å². The second-order valence-corrected chi connectivity index (χ2v) is 3.07. The average Bonchev–Trinajstić information content (AvgIpc) is 2.00. The molecule has 0 saturated heterocycles. The third-order valence-electron chi connectivity index (χ3n) is 2.46. The molecule has 0 spiro atoms. The Morgan fingerprint density at radius 3 is 2.09 bits per heavy atom. The van der Waals surface area contributed by atoms with E-state index in [1.54, 1.807) is 0 Å². The molecule has 0 bridgehead atoms. The van der Waals surface area contributed by atoms with Gasteiger partial charge in [-0.1, -0.05) is 6.92 Å². The molecule has 0 aliphatic rings. The van der Waals surface area contributed by atoms with Crippen molar-refractivity contribution in [2.45, 2.75) is 25.4 Å². The fraction of sp³-hybridized carbons (Fsp3) is 1.00. The molecular weight excluding hydrogens is 138 g/mol. The fourth-order valence-electron chi connectivity index (χ4n) is 1.48. The molecule has 0 radical (unpaired) electrons. The summed E-state index contributed by atoms with van der Waals surface area (Å²) < 4.78 is 0. The fourth-order valence-corrected chi connectivity index (χ4v) is 1.48. The summed E-state index contributed by atoms with van der Waals surface area (Å²) in [5.74, 6) is 0. The van der Waals surface area contributed by atoms with Crippen LogP contribution in [-0.2, 0) is 0 Å². The predicted molar refractivity (Wildman–Crippen MR) is 49.4 cm³/mol. The number of nitrogens with two attached hydrogens (primary N) is 1. The van der Waals surface area contributed by atoms with E-state index in [1.807, 2.05) is 7.05 Å². The van der Waals surface area contributed by atoms with Crippen molar-refractivity contribution >= 4 is 0 Å². The minimum atomic E-state index is 0.0920. The summed E-state index contributed by atoms with van der Waals surface area (Å²) in [6.45, 7) is 2.90. The van der Waals surface area contributed by atoms with Crippen molar-refractivity contribution in [2.24, 2.45) is 5.73 Å². The van der Waals surface area contributed by atoms with Crippen LogP contribution in [0.2, 0.25) is 0 Å². The number of hydrogen-bond donors (Lipinski definition) is 2. The highest BCUT2D eigenvalue weighted by Crippen LogP contribution is 2.15. The lowest BCUT2D eigenvalue weighted by molar-refractivity contribution is 0.104. The Bertz CT molecular complexity index is 97.5. The van der Waals surface area contributed by atoms with Crippen molar-refractivity contribution in [2.75, 3.05) is 27.7 Å². The maximum absolute atomic E-state index is 5.54. The predicted octanol–water partition coefficient (Wildman–Crippen LogP) is 0.223. The normalized spacial score (nSPS) is 16.9. The van der Waals surface area contributed by atoms with Gasteiger partial charge in [0, 0.05) is 0 Å². The minimum Gasteiger partial charge on any atom is -0.330 e. The van der Waals surface area contributed by atoms with E-state index >= 15 is 0 Å². The van der Waals surface area contributed by atoms with E-state index in [2.05, 4.69) is 31.2 Å². The molecule has 11 heavy (non-hydrogen) atoms. The Labute approximate surface area is 69.9 Å². The molecule has 0 saturated carbocycles. The van der Waals surface area contributed by atoms with Crippen molar-refractivity contribution in [3.05, 3.63) is 0 Å². The Kier molecular flexibility index (Phi) is 4.65. The van der Waals surface area contributed by atoms with Gasteiger partial charge in [0.2, 0.25) is 0 Å². The van der Waals surface area contributed by atoms with E-state index in [9.17, 15) is 0 Å². The van der Waals surface area contributed by atoms with Crippen molar-refractivity contribution in [3.63, 3.8) is 0 Å². The Hall–Kier alpha value is -0.120. The van der Waals surface area contributed by atoms with Crippen molar-refractivity contribution < 1.29 is 0 Å². The maximum atomic E-state index is 5.54. The molecule has 0 fully saturated rings. The van der Waals surface area contributed by atoms with Crippen molar-refractivity contribution in [1.82, 2.24) is 10.2 Å². The third kappa shape index (κ3) is 2.43. The molecule has 3 N–H and O–H groups in total. The van der Waals surface area contributed by atoms with Gasteiger partial charge in [0.05, 0.1) is 5.66 Å². The van der Waals surface area contributed by atoms with Gasteiger partial charge in [0.15, 0.2) is 0 Å². The van der Waals surface area contributed by atoms with Crippen LogP contribution < -0.4 is 11.1 Å².